The molecule has 3 aromatic rings. The maximum atomic E-state index is 13.6. The van der Waals surface area contributed by atoms with Crippen LogP contribution in [0.2, 0.25) is 0 Å². The Kier molecular flexibility index (Phi) is 5.11. The molecular weight excluding hydrogens is 476 g/mol. The standard InChI is InChI=1S/C24H19BrN2O5/c1-31-17-9-5-8-16(13-17)26-23(29)20-21(18-12-14(25)10-11-19(18)28)27(32-22(20)24(26)30)15-6-3-2-4-7-15/h2-13,20-22,28H,1H3. The molecule has 2 saturated heterocycles. The number of carbonyl (C=O) groups excluding carboxylic acids is 2. The predicted molar refractivity (Wildman–Crippen MR) is 121 cm³/mol. The molecule has 162 valence electrons. The molecular formula is C24H19BrN2O5. The van der Waals surface area contributed by atoms with Crippen molar-refractivity contribution >= 4 is 39.1 Å². The van der Waals surface area contributed by atoms with Gasteiger partial charge in [0.2, 0.25) is 5.91 Å². The first kappa shape index (κ1) is 20.5. The van der Waals surface area contributed by atoms with Crippen molar-refractivity contribution in [2.24, 2.45) is 5.92 Å². The third-order valence-corrected chi connectivity index (χ3v) is 6.24. The molecule has 3 unspecified atom stereocenters. The summed E-state index contributed by atoms with van der Waals surface area (Å²) in [6, 6.07) is 20.3. The number of ether oxygens (including phenoxy) is 1. The number of rotatable bonds is 4. The summed E-state index contributed by atoms with van der Waals surface area (Å²) in [6.07, 6.45) is -1.02. The van der Waals surface area contributed by atoms with Gasteiger partial charge in [0.05, 0.1) is 24.5 Å². The molecule has 2 aliphatic heterocycles. The van der Waals surface area contributed by atoms with Gasteiger partial charge >= 0.3 is 0 Å². The lowest BCUT2D eigenvalue weighted by Crippen LogP contribution is -2.37. The van der Waals surface area contributed by atoms with E-state index in [4.69, 9.17) is 9.57 Å². The van der Waals surface area contributed by atoms with Crippen LogP contribution >= 0.6 is 15.9 Å². The summed E-state index contributed by atoms with van der Waals surface area (Å²) in [6.45, 7) is 0. The number of imide groups is 1. The van der Waals surface area contributed by atoms with Gasteiger partial charge < -0.3 is 9.84 Å². The quantitative estimate of drug-likeness (QED) is 0.547. The van der Waals surface area contributed by atoms with E-state index in [-0.39, 0.29) is 5.75 Å². The summed E-state index contributed by atoms with van der Waals surface area (Å²) < 4.78 is 5.99. The minimum atomic E-state index is -1.02. The van der Waals surface area contributed by atoms with Crippen LogP contribution in [0.5, 0.6) is 11.5 Å². The van der Waals surface area contributed by atoms with Gasteiger partial charge in [-0.05, 0) is 42.5 Å². The monoisotopic (exact) mass is 494 g/mol. The molecule has 0 radical (unpaired) electrons. The van der Waals surface area contributed by atoms with Crippen molar-refractivity contribution in [3.63, 3.8) is 0 Å². The minimum absolute atomic E-state index is 0.0171. The summed E-state index contributed by atoms with van der Waals surface area (Å²) in [4.78, 5) is 34.2. The van der Waals surface area contributed by atoms with Gasteiger partial charge in [0.25, 0.3) is 5.91 Å². The molecule has 0 aromatic heterocycles. The summed E-state index contributed by atoms with van der Waals surface area (Å²) >= 11 is 3.44. The average molecular weight is 495 g/mol. The highest BCUT2D eigenvalue weighted by atomic mass is 79.9. The maximum absolute atomic E-state index is 13.6. The van der Waals surface area contributed by atoms with Gasteiger partial charge in [0.15, 0.2) is 6.10 Å². The van der Waals surface area contributed by atoms with Crippen LogP contribution in [0.25, 0.3) is 0 Å². The van der Waals surface area contributed by atoms with Crippen molar-refractivity contribution in [1.29, 1.82) is 0 Å². The van der Waals surface area contributed by atoms with Gasteiger partial charge in [0, 0.05) is 16.1 Å². The fraction of sp³-hybridized carbons (Fsp3) is 0.167. The van der Waals surface area contributed by atoms with Gasteiger partial charge in [-0.1, -0.05) is 40.2 Å². The number of halogens is 1. The Morgan fingerprint density at radius 1 is 0.938 bits per heavy atom. The number of aromatic hydroxyl groups is 1. The highest BCUT2D eigenvalue weighted by Crippen LogP contribution is 2.49. The summed E-state index contributed by atoms with van der Waals surface area (Å²) in [5.74, 6) is -1.13. The SMILES string of the molecule is COc1cccc(N2C(=O)C3ON(c4ccccc4)C(c4cc(Br)ccc4O)C3C2=O)c1. The van der Waals surface area contributed by atoms with E-state index in [0.29, 0.717) is 22.7 Å². The summed E-state index contributed by atoms with van der Waals surface area (Å²) in [5.41, 5.74) is 1.59. The Labute approximate surface area is 192 Å². The molecule has 1 N–H and O–H groups in total. The Balaban J connectivity index is 1.61. The van der Waals surface area contributed by atoms with E-state index in [9.17, 15) is 14.7 Å². The molecule has 0 bridgehead atoms. The molecule has 2 fully saturated rings. The molecule has 7 nitrogen and oxygen atoms in total. The van der Waals surface area contributed by atoms with Crippen molar-refractivity contribution in [3.8, 4) is 11.5 Å². The van der Waals surface area contributed by atoms with Crippen LogP contribution in [0, 0.1) is 5.92 Å². The van der Waals surface area contributed by atoms with Crippen LogP contribution in [0.15, 0.2) is 77.3 Å². The lowest BCUT2D eigenvalue weighted by Gasteiger charge is -2.29. The van der Waals surface area contributed by atoms with Crippen LogP contribution in [0.3, 0.4) is 0 Å². The van der Waals surface area contributed by atoms with Crippen LogP contribution in [0.1, 0.15) is 11.6 Å². The molecule has 8 heteroatoms. The third kappa shape index (κ3) is 3.23. The first-order valence-electron chi connectivity index (χ1n) is 10.0. The van der Waals surface area contributed by atoms with Crippen molar-refractivity contribution in [2.75, 3.05) is 17.1 Å². The number of amides is 2. The predicted octanol–water partition coefficient (Wildman–Crippen LogP) is 4.21. The van der Waals surface area contributed by atoms with Crippen LogP contribution in [-0.4, -0.2) is 30.1 Å². The van der Waals surface area contributed by atoms with Crippen molar-refractivity contribution in [3.05, 3.63) is 82.8 Å². The van der Waals surface area contributed by atoms with Gasteiger partial charge in [-0.2, -0.15) is 0 Å². The normalized spacial score (nSPS) is 22.4. The number of carbonyl (C=O) groups is 2. The molecule has 2 amide bonds. The van der Waals surface area contributed by atoms with Gasteiger partial charge in [-0.25, -0.2) is 9.96 Å². The first-order valence-corrected chi connectivity index (χ1v) is 10.8. The van der Waals surface area contributed by atoms with E-state index in [2.05, 4.69) is 15.9 Å². The Bertz CT molecular complexity index is 1200. The molecule has 0 saturated carbocycles. The number of hydrogen-bond donors (Lipinski definition) is 1. The first-order chi connectivity index (χ1) is 15.5. The fourth-order valence-corrected chi connectivity index (χ4v) is 4.67. The van der Waals surface area contributed by atoms with Crippen molar-refractivity contribution < 1.29 is 24.3 Å². The van der Waals surface area contributed by atoms with Crippen LogP contribution < -0.4 is 14.7 Å². The second-order valence-electron chi connectivity index (χ2n) is 7.57. The fourth-order valence-electron chi connectivity index (χ4n) is 4.30. The van der Waals surface area contributed by atoms with Gasteiger partial charge in [0.1, 0.15) is 17.4 Å². The number of hydroxylamine groups is 1. The molecule has 3 aromatic carbocycles. The van der Waals surface area contributed by atoms with E-state index in [1.807, 2.05) is 30.3 Å². The van der Waals surface area contributed by atoms with E-state index in [0.717, 1.165) is 9.37 Å². The van der Waals surface area contributed by atoms with E-state index < -0.39 is 29.9 Å². The van der Waals surface area contributed by atoms with Gasteiger partial charge in [-0.15, -0.1) is 0 Å². The zero-order valence-corrected chi connectivity index (χ0v) is 18.6. The molecule has 3 atom stereocenters. The van der Waals surface area contributed by atoms with Crippen molar-refractivity contribution in [1.82, 2.24) is 0 Å². The molecule has 5 rings (SSSR count). The van der Waals surface area contributed by atoms with E-state index in [1.54, 1.807) is 47.5 Å². The second-order valence-corrected chi connectivity index (χ2v) is 8.49. The zero-order valence-electron chi connectivity index (χ0n) is 17.0. The number of nitrogens with zero attached hydrogens (tertiary/aromatic N) is 2. The van der Waals surface area contributed by atoms with Crippen molar-refractivity contribution in [2.45, 2.75) is 12.1 Å². The number of hydrogen-bond acceptors (Lipinski definition) is 6. The lowest BCUT2D eigenvalue weighted by molar-refractivity contribution is -0.126. The molecule has 32 heavy (non-hydrogen) atoms. The van der Waals surface area contributed by atoms with Gasteiger partial charge in [-0.3, -0.25) is 14.4 Å². The third-order valence-electron chi connectivity index (χ3n) is 5.75. The number of anilines is 2. The molecule has 0 spiro atoms. The molecule has 2 aliphatic rings. The number of benzene rings is 3. The number of fused-ring (bicyclic) bond motifs is 1. The number of phenolic OH excluding ortho intramolecular Hbond substituents is 1. The topological polar surface area (TPSA) is 79.3 Å². The smallest absolute Gasteiger partial charge is 0.266 e. The maximum Gasteiger partial charge on any atom is 0.266 e. The number of para-hydroxylation sites is 1. The zero-order chi connectivity index (χ0) is 22.4. The second kappa shape index (κ2) is 7.96. The number of methoxy groups -OCH3 is 1. The molecule has 0 aliphatic carbocycles. The van der Waals surface area contributed by atoms with E-state index in [1.165, 1.54) is 7.11 Å². The Hall–Kier alpha value is -3.36. The molecule has 2 heterocycles. The van der Waals surface area contributed by atoms with Crippen LogP contribution in [-0.2, 0) is 14.4 Å². The highest BCUT2D eigenvalue weighted by Gasteiger charge is 2.60. The Morgan fingerprint density at radius 2 is 1.69 bits per heavy atom. The highest BCUT2D eigenvalue weighted by molar-refractivity contribution is 9.10. The minimum Gasteiger partial charge on any atom is -0.508 e. The largest absolute Gasteiger partial charge is 0.508 e. The Morgan fingerprint density at radius 3 is 2.44 bits per heavy atom. The average Bonchev–Trinajstić information content (AvgIpc) is 3.32. The summed E-state index contributed by atoms with van der Waals surface area (Å²) in [5, 5.41) is 12.2. The lowest BCUT2D eigenvalue weighted by atomic mass is 9.90. The number of phenols is 1. The van der Waals surface area contributed by atoms with E-state index >= 15 is 0 Å². The van der Waals surface area contributed by atoms with Crippen LogP contribution in [0.4, 0.5) is 11.4 Å². The summed E-state index contributed by atoms with van der Waals surface area (Å²) in [7, 11) is 1.52.